The lowest BCUT2D eigenvalue weighted by Crippen LogP contribution is -2.19. The zero-order chi connectivity index (χ0) is 15.4. The quantitative estimate of drug-likeness (QED) is 0.595. The minimum atomic E-state index is -0.377. The number of hydrogen-bond donors (Lipinski definition) is 3. The highest BCUT2D eigenvalue weighted by Crippen LogP contribution is 2.13. The third-order valence-electron chi connectivity index (χ3n) is 3.04. The molecule has 0 atom stereocenters. The summed E-state index contributed by atoms with van der Waals surface area (Å²) in [5, 5.41) is 20.2. The van der Waals surface area contributed by atoms with Gasteiger partial charge in [-0.2, -0.15) is 10.2 Å². The van der Waals surface area contributed by atoms with Gasteiger partial charge in [0.25, 0.3) is 5.91 Å². The van der Waals surface area contributed by atoms with Crippen LogP contribution in [0.3, 0.4) is 0 Å². The second-order valence-electron chi connectivity index (χ2n) is 5.05. The minimum Gasteiger partial charge on any atom is -0.508 e. The first-order chi connectivity index (χ1) is 9.97. The number of H-pyrrole nitrogens is 1. The SMILES string of the molecule is C/C(=N\NC(=O)c1cc(C(C)C)[nH]n1)c1cccc(O)c1. The van der Waals surface area contributed by atoms with Gasteiger partial charge in [-0.25, -0.2) is 5.43 Å². The van der Waals surface area contributed by atoms with Crippen molar-refractivity contribution in [2.75, 3.05) is 0 Å². The summed E-state index contributed by atoms with van der Waals surface area (Å²) in [6, 6.07) is 8.38. The Morgan fingerprint density at radius 3 is 2.76 bits per heavy atom. The van der Waals surface area contributed by atoms with E-state index in [2.05, 4.69) is 20.7 Å². The molecule has 1 amide bonds. The van der Waals surface area contributed by atoms with Gasteiger partial charge in [0.05, 0.1) is 5.71 Å². The molecule has 0 fully saturated rings. The van der Waals surface area contributed by atoms with Crippen molar-refractivity contribution in [2.24, 2.45) is 5.10 Å². The molecule has 1 aromatic carbocycles. The van der Waals surface area contributed by atoms with E-state index in [0.29, 0.717) is 11.4 Å². The van der Waals surface area contributed by atoms with Gasteiger partial charge in [-0.05, 0) is 31.0 Å². The standard InChI is InChI=1S/C15H18N4O2/c1-9(2)13-8-14(18-17-13)15(21)19-16-10(3)11-5-4-6-12(20)7-11/h4-9,20H,1-3H3,(H,17,18)(H,19,21)/b16-10+. The topological polar surface area (TPSA) is 90.4 Å². The molecule has 2 aromatic rings. The molecule has 0 aliphatic rings. The number of rotatable bonds is 4. The van der Waals surface area contributed by atoms with Crippen molar-refractivity contribution in [3.8, 4) is 5.75 Å². The number of aromatic amines is 1. The first-order valence-corrected chi connectivity index (χ1v) is 6.66. The molecular weight excluding hydrogens is 268 g/mol. The maximum atomic E-state index is 11.9. The van der Waals surface area contributed by atoms with E-state index in [1.807, 2.05) is 13.8 Å². The fourth-order valence-corrected chi connectivity index (χ4v) is 1.74. The van der Waals surface area contributed by atoms with Crippen molar-refractivity contribution < 1.29 is 9.90 Å². The van der Waals surface area contributed by atoms with E-state index in [9.17, 15) is 9.90 Å². The smallest absolute Gasteiger partial charge is 0.291 e. The van der Waals surface area contributed by atoms with Crippen molar-refractivity contribution in [3.05, 3.63) is 47.3 Å². The van der Waals surface area contributed by atoms with Gasteiger partial charge in [-0.1, -0.05) is 26.0 Å². The second-order valence-corrected chi connectivity index (χ2v) is 5.05. The molecule has 110 valence electrons. The third-order valence-corrected chi connectivity index (χ3v) is 3.04. The molecule has 0 bridgehead atoms. The highest BCUT2D eigenvalue weighted by atomic mass is 16.3. The fourth-order valence-electron chi connectivity index (χ4n) is 1.74. The van der Waals surface area contributed by atoms with E-state index in [4.69, 9.17) is 0 Å². The van der Waals surface area contributed by atoms with Crippen LogP contribution in [-0.2, 0) is 0 Å². The van der Waals surface area contributed by atoms with Crippen LogP contribution >= 0.6 is 0 Å². The molecule has 2 rings (SSSR count). The van der Waals surface area contributed by atoms with E-state index < -0.39 is 0 Å². The minimum absolute atomic E-state index is 0.155. The Balaban J connectivity index is 2.07. The summed E-state index contributed by atoms with van der Waals surface area (Å²) in [4.78, 5) is 11.9. The first kappa shape index (κ1) is 14.8. The summed E-state index contributed by atoms with van der Waals surface area (Å²) in [7, 11) is 0. The van der Waals surface area contributed by atoms with Gasteiger partial charge in [-0.15, -0.1) is 0 Å². The van der Waals surface area contributed by atoms with Gasteiger partial charge in [0, 0.05) is 11.3 Å². The van der Waals surface area contributed by atoms with E-state index >= 15 is 0 Å². The van der Waals surface area contributed by atoms with E-state index in [1.165, 1.54) is 0 Å². The molecule has 0 aliphatic carbocycles. The fraction of sp³-hybridized carbons (Fsp3) is 0.267. The van der Waals surface area contributed by atoms with Crippen LogP contribution in [0.4, 0.5) is 0 Å². The van der Waals surface area contributed by atoms with Crippen molar-refractivity contribution >= 4 is 11.6 Å². The predicted octanol–water partition coefficient (Wildman–Crippen LogP) is 2.39. The number of aromatic hydroxyl groups is 1. The number of nitrogens with one attached hydrogen (secondary N) is 2. The molecule has 0 aliphatic heterocycles. The molecule has 21 heavy (non-hydrogen) atoms. The second kappa shape index (κ2) is 6.21. The van der Waals surface area contributed by atoms with Crippen LogP contribution in [0.25, 0.3) is 0 Å². The van der Waals surface area contributed by atoms with Gasteiger partial charge >= 0.3 is 0 Å². The number of benzene rings is 1. The summed E-state index contributed by atoms with van der Waals surface area (Å²) in [6.45, 7) is 5.78. The Kier molecular flexibility index (Phi) is 4.37. The number of hydrogen-bond acceptors (Lipinski definition) is 4. The largest absolute Gasteiger partial charge is 0.508 e. The number of amides is 1. The Morgan fingerprint density at radius 2 is 2.14 bits per heavy atom. The lowest BCUT2D eigenvalue weighted by Gasteiger charge is -2.02. The summed E-state index contributed by atoms with van der Waals surface area (Å²) < 4.78 is 0. The third kappa shape index (κ3) is 3.68. The number of phenols is 1. The van der Waals surface area contributed by atoms with Crippen molar-refractivity contribution in [1.29, 1.82) is 0 Å². The molecule has 0 saturated heterocycles. The van der Waals surface area contributed by atoms with Crippen molar-refractivity contribution in [3.63, 3.8) is 0 Å². The summed E-state index contributed by atoms with van der Waals surface area (Å²) in [5.74, 6) is 0.0523. The summed E-state index contributed by atoms with van der Waals surface area (Å²) in [5.41, 5.74) is 4.98. The maximum absolute atomic E-state index is 11.9. The number of nitrogens with zero attached hydrogens (tertiary/aromatic N) is 2. The maximum Gasteiger partial charge on any atom is 0.291 e. The lowest BCUT2D eigenvalue weighted by molar-refractivity contribution is 0.0950. The highest BCUT2D eigenvalue weighted by Gasteiger charge is 2.11. The predicted molar refractivity (Wildman–Crippen MR) is 80.5 cm³/mol. The number of carbonyl (C=O) groups excluding carboxylic acids is 1. The molecule has 0 radical (unpaired) electrons. The van der Waals surface area contributed by atoms with Crippen LogP contribution < -0.4 is 5.43 Å². The Bertz CT molecular complexity index is 674. The zero-order valence-electron chi connectivity index (χ0n) is 12.2. The first-order valence-electron chi connectivity index (χ1n) is 6.66. The molecule has 1 heterocycles. The van der Waals surface area contributed by atoms with Crippen molar-refractivity contribution in [2.45, 2.75) is 26.7 Å². The van der Waals surface area contributed by atoms with Gasteiger partial charge < -0.3 is 5.11 Å². The van der Waals surface area contributed by atoms with Gasteiger partial charge in [0.2, 0.25) is 0 Å². The Labute approximate surface area is 122 Å². The summed E-state index contributed by atoms with van der Waals surface area (Å²) >= 11 is 0. The molecule has 0 spiro atoms. The lowest BCUT2D eigenvalue weighted by atomic mass is 10.1. The Hall–Kier alpha value is -2.63. The molecule has 6 heteroatoms. The number of aromatic nitrogens is 2. The van der Waals surface area contributed by atoms with Crippen LogP contribution in [0.15, 0.2) is 35.4 Å². The van der Waals surface area contributed by atoms with E-state index in [1.54, 1.807) is 37.3 Å². The number of carbonyl (C=O) groups is 1. The van der Waals surface area contributed by atoms with Crippen LogP contribution in [0.2, 0.25) is 0 Å². The molecule has 6 nitrogen and oxygen atoms in total. The van der Waals surface area contributed by atoms with Gasteiger partial charge in [0.15, 0.2) is 5.69 Å². The molecule has 3 N–H and O–H groups in total. The van der Waals surface area contributed by atoms with Crippen LogP contribution in [0, 0.1) is 0 Å². The summed E-state index contributed by atoms with van der Waals surface area (Å²) in [6.07, 6.45) is 0. The van der Waals surface area contributed by atoms with Crippen LogP contribution in [0.5, 0.6) is 5.75 Å². The average molecular weight is 286 g/mol. The average Bonchev–Trinajstić information content (AvgIpc) is 2.94. The number of phenolic OH excluding ortho intramolecular Hbond substituents is 1. The monoisotopic (exact) mass is 286 g/mol. The molecule has 0 saturated carbocycles. The van der Waals surface area contributed by atoms with Gasteiger partial charge in [-0.3, -0.25) is 9.89 Å². The van der Waals surface area contributed by atoms with Crippen LogP contribution in [0.1, 0.15) is 48.4 Å². The van der Waals surface area contributed by atoms with E-state index in [0.717, 1.165) is 11.3 Å². The zero-order valence-corrected chi connectivity index (χ0v) is 12.2. The number of hydrazone groups is 1. The highest BCUT2D eigenvalue weighted by molar-refractivity contribution is 6.00. The van der Waals surface area contributed by atoms with E-state index in [-0.39, 0.29) is 17.6 Å². The molecule has 0 unspecified atom stereocenters. The van der Waals surface area contributed by atoms with Gasteiger partial charge in [0.1, 0.15) is 5.75 Å². The normalized spacial score (nSPS) is 11.7. The molecular formula is C15H18N4O2. The van der Waals surface area contributed by atoms with Crippen molar-refractivity contribution in [1.82, 2.24) is 15.6 Å². The van der Waals surface area contributed by atoms with Crippen LogP contribution in [-0.4, -0.2) is 26.9 Å². The molecule has 1 aromatic heterocycles. The Morgan fingerprint density at radius 1 is 1.38 bits per heavy atom.